The van der Waals surface area contributed by atoms with Crippen LogP contribution in [0.15, 0.2) is 59.5 Å². The fourth-order valence-electron chi connectivity index (χ4n) is 3.68. The van der Waals surface area contributed by atoms with E-state index in [0.717, 1.165) is 33.6 Å². The molecule has 1 aromatic heterocycles. The van der Waals surface area contributed by atoms with Crippen LogP contribution in [-0.2, 0) is 4.79 Å². The smallest absolute Gasteiger partial charge is 0.298 e. The highest BCUT2D eigenvalue weighted by atomic mass is 32.2. The van der Waals surface area contributed by atoms with Crippen LogP contribution in [-0.4, -0.2) is 27.7 Å². The highest BCUT2D eigenvalue weighted by molar-refractivity contribution is 8.19. The second kappa shape index (κ2) is 8.35. The fourth-order valence-corrected chi connectivity index (χ4v) is 4.51. The number of nitrogens with zero attached hydrogens (tertiary/aromatic N) is 3. The first-order chi connectivity index (χ1) is 15.3. The molecular formula is C23H19N3O5S. The fraction of sp³-hybridized carbons (Fsp3) is 0.130. The number of thioether (sulfide) groups is 1. The minimum atomic E-state index is -0.476. The molecule has 0 unspecified atom stereocenters. The van der Waals surface area contributed by atoms with Crippen LogP contribution in [0.1, 0.15) is 17.0 Å². The predicted molar refractivity (Wildman–Crippen MR) is 123 cm³/mol. The molecule has 2 heterocycles. The Balaban J connectivity index is 1.73. The number of ether oxygens (including phenoxy) is 1. The number of aromatic nitrogens is 1. The molecule has 0 atom stereocenters. The number of nitro groups is 1. The van der Waals surface area contributed by atoms with Gasteiger partial charge in [0.05, 0.1) is 34.4 Å². The van der Waals surface area contributed by atoms with Gasteiger partial charge in [0.25, 0.3) is 16.8 Å². The van der Waals surface area contributed by atoms with Crippen LogP contribution < -0.4 is 9.64 Å². The molecule has 8 nitrogen and oxygen atoms in total. The number of amides is 2. The maximum absolute atomic E-state index is 12.9. The van der Waals surface area contributed by atoms with Gasteiger partial charge in [-0.2, -0.15) is 0 Å². The van der Waals surface area contributed by atoms with Gasteiger partial charge in [-0.05, 0) is 61.5 Å². The zero-order valence-electron chi connectivity index (χ0n) is 17.6. The maximum atomic E-state index is 12.9. The molecule has 3 aromatic rings. The molecule has 0 saturated carbocycles. The molecule has 0 bridgehead atoms. The number of methoxy groups -OCH3 is 1. The van der Waals surface area contributed by atoms with Gasteiger partial charge in [-0.1, -0.05) is 18.2 Å². The van der Waals surface area contributed by atoms with E-state index in [-0.39, 0.29) is 16.8 Å². The summed E-state index contributed by atoms with van der Waals surface area (Å²) in [5.41, 5.74) is 3.53. The molecule has 2 aromatic carbocycles. The van der Waals surface area contributed by atoms with E-state index in [1.807, 2.05) is 30.5 Å². The Morgan fingerprint density at radius 1 is 1.06 bits per heavy atom. The van der Waals surface area contributed by atoms with Gasteiger partial charge < -0.3 is 9.30 Å². The van der Waals surface area contributed by atoms with Gasteiger partial charge in [0.1, 0.15) is 5.75 Å². The Bertz CT molecular complexity index is 1280. The molecule has 162 valence electrons. The van der Waals surface area contributed by atoms with E-state index in [4.69, 9.17) is 4.74 Å². The molecule has 1 aliphatic rings. The van der Waals surface area contributed by atoms with Crippen molar-refractivity contribution in [3.8, 4) is 11.4 Å². The molecule has 1 aliphatic heterocycles. The lowest BCUT2D eigenvalue weighted by Crippen LogP contribution is -2.27. The second-order valence-corrected chi connectivity index (χ2v) is 8.12. The van der Waals surface area contributed by atoms with Crippen molar-refractivity contribution in [2.24, 2.45) is 0 Å². The van der Waals surface area contributed by atoms with Crippen molar-refractivity contribution < 1.29 is 19.2 Å². The van der Waals surface area contributed by atoms with E-state index >= 15 is 0 Å². The zero-order valence-corrected chi connectivity index (χ0v) is 18.4. The number of para-hydroxylation sites is 1. The minimum Gasteiger partial charge on any atom is -0.494 e. The van der Waals surface area contributed by atoms with Crippen molar-refractivity contribution in [2.45, 2.75) is 13.8 Å². The van der Waals surface area contributed by atoms with E-state index in [0.29, 0.717) is 22.0 Å². The monoisotopic (exact) mass is 449 g/mol. The SMILES string of the molecule is COc1cc([N+](=O)[O-])ccc1-n1c(C)cc(C=C2SC(=O)N(c3ccccc3)C2=O)c1C. The predicted octanol–water partition coefficient (Wildman–Crippen LogP) is 5.25. The van der Waals surface area contributed by atoms with E-state index in [1.54, 1.807) is 36.4 Å². The van der Waals surface area contributed by atoms with Crippen molar-refractivity contribution in [1.29, 1.82) is 0 Å². The van der Waals surface area contributed by atoms with Crippen molar-refractivity contribution in [3.63, 3.8) is 0 Å². The molecule has 9 heteroatoms. The van der Waals surface area contributed by atoms with Crippen molar-refractivity contribution in [1.82, 2.24) is 4.57 Å². The number of nitro benzene ring substituents is 1. The van der Waals surface area contributed by atoms with Crippen molar-refractivity contribution in [2.75, 3.05) is 12.0 Å². The average molecular weight is 449 g/mol. The van der Waals surface area contributed by atoms with Gasteiger partial charge in [-0.25, -0.2) is 4.90 Å². The summed E-state index contributed by atoms with van der Waals surface area (Å²) < 4.78 is 7.29. The van der Waals surface area contributed by atoms with Crippen molar-refractivity contribution in [3.05, 3.63) is 86.6 Å². The zero-order chi connectivity index (χ0) is 23.0. The molecule has 4 rings (SSSR count). The quantitative estimate of drug-likeness (QED) is 0.300. The first kappa shape index (κ1) is 21.4. The van der Waals surface area contributed by atoms with Crippen molar-refractivity contribution >= 4 is 40.4 Å². The number of hydrogen-bond donors (Lipinski definition) is 0. The molecule has 0 N–H and O–H groups in total. The summed E-state index contributed by atoms with van der Waals surface area (Å²) in [7, 11) is 1.46. The summed E-state index contributed by atoms with van der Waals surface area (Å²) in [4.78, 5) is 37.5. The van der Waals surface area contributed by atoms with E-state index < -0.39 is 4.92 Å². The number of carbonyl (C=O) groups is 2. The third kappa shape index (κ3) is 3.67. The molecule has 1 saturated heterocycles. The van der Waals surface area contributed by atoms with Gasteiger partial charge in [-0.3, -0.25) is 19.7 Å². The Kier molecular flexibility index (Phi) is 5.58. The highest BCUT2D eigenvalue weighted by Crippen LogP contribution is 2.37. The molecule has 0 radical (unpaired) electrons. The number of hydrogen-bond acceptors (Lipinski definition) is 6. The molecule has 0 spiro atoms. The molecule has 1 fully saturated rings. The largest absolute Gasteiger partial charge is 0.494 e. The number of carbonyl (C=O) groups excluding carboxylic acids is 2. The van der Waals surface area contributed by atoms with Crippen LogP contribution >= 0.6 is 11.8 Å². The van der Waals surface area contributed by atoms with Crippen LogP contribution in [0.4, 0.5) is 16.2 Å². The minimum absolute atomic E-state index is 0.0668. The topological polar surface area (TPSA) is 94.7 Å². The van der Waals surface area contributed by atoms with E-state index in [9.17, 15) is 19.7 Å². The number of imide groups is 1. The second-order valence-electron chi connectivity index (χ2n) is 7.13. The molecule has 32 heavy (non-hydrogen) atoms. The number of benzene rings is 2. The van der Waals surface area contributed by atoms with Crippen LogP contribution in [0, 0.1) is 24.0 Å². The third-order valence-corrected chi connectivity index (χ3v) is 6.05. The van der Waals surface area contributed by atoms with Crippen LogP contribution in [0.3, 0.4) is 0 Å². The number of non-ortho nitro benzene ring substituents is 1. The van der Waals surface area contributed by atoms with Gasteiger partial charge in [0, 0.05) is 17.5 Å². The molecule has 2 amide bonds. The Hall–Kier alpha value is -3.85. The third-order valence-electron chi connectivity index (χ3n) is 5.18. The number of aryl methyl sites for hydroxylation is 1. The lowest BCUT2D eigenvalue weighted by atomic mass is 10.2. The van der Waals surface area contributed by atoms with Gasteiger partial charge in [-0.15, -0.1) is 0 Å². The summed E-state index contributed by atoms with van der Waals surface area (Å²) in [6, 6.07) is 15.1. The van der Waals surface area contributed by atoms with E-state index in [2.05, 4.69) is 0 Å². The van der Waals surface area contributed by atoms with Crippen LogP contribution in [0.25, 0.3) is 11.8 Å². The van der Waals surface area contributed by atoms with Crippen LogP contribution in [0.5, 0.6) is 5.75 Å². The first-order valence-corrected chi connectivity index (χ1v) is 10.5. The first-order valence-electron chi connectivity index (χ1n) is 9.66. The molecular weight excluding hydrogens is 430 g/mol. The highest BCUT2D eigenvalue weighted by Gasteiger charge is 2.36. The Morgan fingerprint density at radius 2 is 1.78 bits per heavy atom. The summed E-state index contributed by atoms with van der Waals surface area (Å²) >= 11 is 0.894. The van der Waals surface area contributed by atoms with Gasteiger partial charge in [0.15, 0.2) is 0 Å². The normalized spacial score (nSPS) is 15.0. The average Bonchev–Trinajstić information content (AvgIpc) is 3.22. The number of rotatable bonds is 5. The maximum Gasteiger partial charge on any atom is 0.298 e. The van der Waals surface area contributed by atoms with Crippen LogP contribution in [0.2, 0.25) is 0 Å². The Labute approximate surface area is 188 Å². The standard InChI is InChI=1S/C23H19N3O5S/c1-14-11-16(12-21-22(27)25(23(28)32-21)17-7-5-4-6-8-17)15(2)24(14)19-10-9-18(26(29)30)13-20(19)31-3/h4-13H,1-3H3. The summed E-state index contributed by atoms with van der Waals surface area (Å²) in [6.07, 6.45) is 1.70. The molecule has 0 aliphatic carbocycles. The van der Waals surface area contributed by atoms with Gasteiger partial charge in [0.2, 0.25) is 0 Å². The summed E-state index contributed by atoms with van der Waals surface area (Å²) in [5.74, 6) is -0.0131. The summed E-state index contributed by atoms with van der Waals surface area (Å²) in [5, 5.41) is 10.8. The summed E-state index contributed by atoms with van der Waals surface area (Å²) in [6.45, 7) is 3.77. The Morgan fingerprint density at radius 3 is 2.44 bits per heavy atom. The van der Waals surface area contributed by atoms with E-state index in [1.165, 1.54) is 19.2 Å². The lowest BCUT2D eigenvalue weighted by Gasteiger charge is -2.14. The number of anilines is 1. The van der Waals surface area contributed by atoms with Gasteiger partial charge >= 0.3 is 0 Å². The lowest BCUT2D eigenvalue weighted by molar-refractivity contribution is -0.384.